The Balaban J connectivity index is 1.90. The Morgan fingerprint density at radius 2 is 1.90 bits per heavy atom. The monoisotopic (exact) mass is 287 g/mol. The van der Waals surface area contributed by atoms with Crippen LogP contribution in [0.4, 0.5) is 13.2 Å². The van der Waals surface area contributed by atoms with Crippen LogP contribution in [0.1, 0.15) is 31.7 Å². The first-order chi connectivity index (χ1) is 9.33. The van der Waals surface area contributed by atoms with Crippen molar-refractivity contribution in [2.45, 2.75) is 45.0 Å². The van der Waals surface area contributed by atoms with Crippen molar-refractivity contribution in [1.82, 2.24) is 0 Å². The number of hydrogen-bond donors (Lipinski definition) is 1. The molecule has 0 radical (unpaired) electrons. The third kappa shape index (κ3) is 4.40. The summed E-state index contributed by atoms with van der Waals surface area (Å²) in [6.07, 6.45) is -0.424. The minimum Gasteiger partial charge on any atom is -0.406 e. The van der Waals surface area contributed by atoms with Crippen molar-refractivity contribution < 1.29 is 17.9 Å². The van der Waals surface area contributed by atoms with Crippen LogP contribution in [0.2, 0.25) is 0 Å². The molecule has 1 aliphatic carbocycles. The predicted octanol–water partition coefficient (Wildman–Crippen LogP) is 3.89. The maximum absolute atomic E-state index is 12.1. The van der Waals surface area contributed by atoms with Gasteiger partial charge in [-0.1, -0.05) is 25.5 Å². The Kier molecular flexibility index (Phi) is 4.58. The lowest BCUT2D eigenvalue weighted by Gasteiger charge is -2.19. The zero-order valence-corrected chi connectivity index (χ0v) is 11.5. The van der Waals surface area contributed by atoms with Crippen molar-refractivity contribution in [3.05, 3.63) is 29.8 Å². The van der Waals surface area contributed by atoms with E-state index in [4.69, 9.17) is 5.73 Å². The number of rotatable bonds is 4. The second-order valence-corrected chi connectivity index (χ2v) is 5.74. The molecule has 1 aliphatic rings. The highest BCUT2D eigenvalue weighted by atomic mass is 19.4. The van der Waals surface area contributed by atoms with Gasteiger partial charge in [-0.15, -0.1) is 13.2 Å². The summed E-state index contributed by atoms with van der Waals surface area (Å²) >= 11 is 0. The molecule has 0 saturated heterocycles. The number of alkyl halides is 3. The zero-order chi connectivity index (χ0) is 14.8. The molecule has 3 unspecified atom stereocenters. The maximum Gasteiger partial charge on any atom is 0.573 e. The zero-order valence-electron chi connectivity index (χ0n) is 11.5. The molecule has 2 nitrogen and oxygen atoms in total. The van der Waals surface area contributed by atoms with Crippen molar-refractivity contribution >= 4 is 0 Å². The Hall–Kier alpha value is -1.23. The van der Waals surface area contributed by atoms with Crippen molar-refractivity contribution in [2.75, 3.05) is 0 Å². The number of ether oxygens (including phenoxy) is 1. The van der Waals surface area contributed by atoms with Gasteiger partial charge in [-0.25, -0.2) is 0 Å². The average molecular weight is 287 g/mol. The second-order valence-electron chi connectivity index (χ2n) is 5.74. The van der Waals surface area contributed by atoms with Gasteiger partial charge < -0.3 is 10.5 Å². The molecule has 1 saturated carbocycles. The molecule has 1 aromatic rings. The molecule has 0 aromatic heterocycles. The fourth-order valence-corrected chi connectivity index (χ4v) is 2.91. The molecule has 3 atom stereocenters. The van der Waals surface area contributed by atoms with Gasteiger partial charge in [-0.05, 0) is 48.8 Å². The first-order valence-electron chi connectivity index (χ1n) is 6.94. The van der Waals surface area contributed by atoms with Crippen LogP contribution in [0, 0.1) is 11.8 Å². The third-order valence-electron chi connectivity index (χ3n) is 3.97. The molecule has 2 rings (SSSR count). The van der Waals surface area contributed by atoms with Gasteiger partial charge in [0.25, 0.3) is 0 Å². The van der Waals surface area contributed by atoms with E-state index in [1.165, 1.54) is 18.6 Å². The van der Waals surface area contributed by atoms with Gasteiger partial charge in [0.15, 0.2) is 0 Å². The molecule has 5 heteroatoms. The van der Waals surface area contributed by atoms with Crippen LogP contribution < -0.4 is 10.5 Å². The molecule has 1 fully saturated rings. The minimum atomic E-state index is -4.64. The van der Waals surface area contributed by atoms with Gasteiger partial charge in [0.05, 0.1) is 0 Å². The quantitative estimate of drug-likeness (QED) is 0.911. The fourth-order valence-electron chi connectivity index (χ4n) is 2.91. The fraction of sp³-hybridized carbons (Fsp3) is 0.600. The highest BCUT2D eigenvalue weighted by molar-refractivity contribution is 5.28. The number of nitrogens with two attached hydrogens (primary N) is 1. The Labute approximate surface area is 117 Å². The topological polar surface area (TPSA) is 35.2 Å². The van der Waals surface area contributed by atoms with Gasteiger partial charge in [-0.3, -0.25) is 0 Å². The van der Waals surface area contributed by atoms with Crippen LogP contribution in [0.25, 0.3) is 0 Å². The van der Waals surface area contributed by atoms with Crippen molar-refractivity contribution in [2.24, 2.45) is 17.6 Å². The summed E-state index contributed by atoms with van der Waals surface area (Å²) in [6.45, 7) is 2.23. The van der Waals surface area contributed by atoms with Crippen LogP contribution in [0.5, 0.6) is 5.75 Å². The van der Waals surface area contributed by atoms with E-state index >= 15 is 0 Å². The highest BCUT2D eigenvalue weighted by Crippen LogP contribution is 2.33. The van der Waals surface area contributed by atoms with Gasteiger partial charge in [0.1, 0.15) is 5.75 Å². The second kappa shape index (κ2) is 6.04. The largest absolute Gasteiger partial charge is 0.573 e. The lowest BCUT2D eigenvalue weighted by Crippen LogP contribution is -2.30. The molecule has 0 heterocycles. The summed E-state index contributed by atoms with van der Waals surface area (Å²) in [4.78, 5) is 0. The molecular weight excluding hydrogens is 267 g/mol. The molecule has 0 spiro atoms. The molecule has 2 N–H and O–H groups in total. The Morgan fingerprint density at radius 3 is 2.40 bits per heavy atom. The van der Waals surface area contributed by atoms with E-state index in [1.54, 1.807) is 12.1 Å². The van der Waals surface area contributed by atoms with Crippen LogP contribution in [-0.4, -0.2) is 12.4 Å². The van der Waals surface area contributed by atoms with Crippen LogP contribution in [0.3, 0.4) is 0 Å². The van der Waals surface area contributed by atoms with E-state index in [0.717, 1.165) is 24.3 Å². The van der Waals surface area contributed by atoms with Crippen molar-refractivity contribution in [3.63, 3.8) is 0 Å². The first kappa shape index (κ1) is 15.2. The molecule has 0 aliphatic heterocycles. The molecule has 1 aromatic carbocycles. The molecule has 0 amide bonds. The summed E-state index contributed by atoms with van der Waals surface area (Å²) in [6, 6.07) is 6.06. The third-order valence-corrected chi connectivity index (χ3v) is 3.97. The highest BCUT2D eigenvalue weighted by Gasteiger charge is 2.31. The Bertz CT molecular complexity index is 430. The van der Waals surface area contributed by atoms with Gasteiger partial charge >= 0.3 is 6.36 Å². The van der Waals surface area contributed by atoms with Gasteiger partial charge in [-0.2, -0.15) is 0 Å². The number of halogens is 3. The van der Waals surface area contributed by atoms with E-state index in [9.17, 15) is 13.2 Å². The molecule has 112 valence electrons. The summed E-state index contributed by atoms with van der Waals surface area (Å²) in [5.74, 6) is 1.06. The minimum absolute atomic E-state index is 0.0781. The van der Waals surface area contributed by atoms with E-state index < -0.39 is 6.36 Å². The predicted molar refractivity (Wildman–Crippen MR) is 71.3 cm³/mol. The maximum atomic E-state index is 12.1. The first-order valence-corrected chi connectivity index (χ1v) is 6.94. The number of benzene rings is 1. The van der Waals surface area contributed by atoms with Crippen molar-refractivity contribution in [1.29, 1.82) is 0 Å². The van der Waals surface area contributed by atoms with E-state index in [0.29, 0.717) is 12.3 Å². The Morgan fingerprint density at radius 1 is 1.25 bits per heavy atom. The SMILES string of the molecule is CC1CCC(C(N)Cc2ccc(OC(F)(F)F)cc2)C1. The van der Waals surface area contributed by atoms with E-state index in [1.807, 2.05) is 0 Å². The van der Waals surface area contributed by atoms with Gasteiger partial charge in [0, 0.05) is 6.04 Å². The van der Waals surface area contributed by atoms with Crippen LogP contribution in [-0.2, 0) is 6.42 Å². The van der Waals surface area contributed by atoms with E-state index in [-0.39, 0.29) is 11.8 Å². The summed E-state index contributed by atoms with van der Waals surface area (Å²) in [7, 11) is 0. The van der Waals surface area contributed by atoms with Gasteiger partial charge in [0.2, 0.25) is 0 Å². The van der Waals surface area contributed by atoms with Crippen LogP contribution in [0.15, 0.2) is 24.3 Å². The van der Waals surface area contributed by atoms with E-state index in [2.05, 4.69) is 11.7 Å². The molecule has 20 heavy (non-hydrogen) atoms. The molecular formula is C15H20F3NO. The molecule has 0 bridgehead atoms. The smallest absolute Gasteiger partial charge is 0.406 e. The van der Waals surface area contributed by atoms with Crippen LogP contribution >= 0.6 is 0 Å². The number of hydrogen-bond acceptors (Lipinski definition) is 2. The summed E-state index contributed by atoms with van der Waals surface area (Å²) in [5.41, 5.74) is 7.15. The standard InChI is InChI=1S/C15H20F3NO/c1-10-2-5-12(8-10)14(19)9-11-3-6-13(7-4-11)20-15(16,17)18/h3-4,6-7,10,12,14H,2,5,8-9,19H2,1H3. The average Bonchev–Trinajstić information content (AvgIpc) is 2.77. The summed E-state index contributed by atoms with van der Waals surface area (Å²) < 4.78 is 40.0. The van der Waals surface area contributed by atoms with Crippen molar-refractivity contribution in [3.8, 4) is 5.75 Å². The lowest BCUT2D eigenvalue weighted by molar-refractivity contribution is -0.274. The lowest BCUT2D eigenvalue weighted by atomic mass is 9.92. The normalized spacial score (nSPS) is 24.6. The summed E-state index contributed by atoms with van der Waals surface area (Å²) in [5, 5.41) is 0.